The molecule has 0 spiro atoms. The minimum absolute atomic E-state index is 0.302. The van der Waals surface area contributed by atoms with Gasteiger partial charge in [0.1, 0.15) is 5.60 Å². The molecule has 1 amide bonds. The van der Waals surface area contributed by atoms with E-state index in [-0.39, 0.29) is 6.09 Å². The van der Waals surface area contributed by atoms with Crippen LogP contribution >= 0.6 is 11.3 Å². The van der Waals surface area contributed by atoms with Gasteiger partial charge < -0.3 is 15.4 Å². The van der Waals surface area contributed by atoms with Crippen LogP contribution in [0.5, 0.6) is 0 Å². The largest absolute Gasteiger partial charge is 0.444 e. The van der Waals surface area contributed by atoms with Crippen LogP contribution in [0.25, 0.3) is 0 Å². The van der Waals surface area contributed by atoms with Crippen molar-refractivity contribution in [2.45, 2.75) is 39.3 Å². The Kier molecular flexibility index (Phi) is 5.62. The predicted octanol–water partition coefficient (Wildman–Crippen LogP) is 2.92. The van der Waals surface area contributed by atoms with Gasteiger partial charge in [-0.1, -0.05) is 0 Å². The summed E-state index contributed by atoms with van der Waals surface area (Å²) in [5.41, 5.74) is 0.832. The van der Waals surface area contributed by atoms with E-state index in [4.69, 9.17) is 4.74 Å². The lowest BCUT2D eigenvalue weighted by atomic mass is 10.2. The Morgan fingerprint density at radius 3 is 2.72 bits per heavy atom. The summed E-state index contributed by atoms with van der Waals surface area (Å²) in [6.07, 6.45) is -0.368. The summed E-state index contributed by atoms with van der Waals surface area (Å²) in [6.45, 7) is 8.94. The summed E-state index contributed by atoms with van der Waals surface area (Å²) >= 11 is 1.69. The Bertz CT molecular complexity index is 358. The lowest BCUT2D eigenvalue weighted by Gasteiger charge is -2.20. The van der Waals surface area contributed by atoms with Gasteiger partial charge in [0.25, 0.3) is 0 Å². The minimum Gasteiger partial charge on any atom is -0.444 e. The van der Waals surface area contributed by atoms with Crippen molar-refractivity contribution in [1.29, 1.82) is 0 Å². The van der Waals surface area contributed by atoms with Crippen molar-refractivity contribution in [1.82, 2.24) is 10.6 Å². The molecule has 0 aliphatic rings. The topological polar surface area (TPSA) is 50.4 Å². The number of rotatable bonds is 5. The van der Waals surface area contributed by atoms with E-state index in [1.54, 1.807) is 11.3 Å². The van der Waals surface area contributed by atoms with Crippen molar-refractivity contribution >= 4 is 17.4 Å². The van der Waals surface area contributed by atoms with Gasteiger partial charge in [-0.15, -0.1) is 0 Å². The predicted molar refractivity (Wildman–Crippen MR) is 75.0 cm³/mol. The van der Waals surface area contributed by atoms with Crippen molar-refractivity contribution in [2.75, 3.05) is 13.1 Å². The second kappa shape index (κ2) is 6.75. The number of carbonyl (C=O) groups is 1. The van der Waals surface area contributed by atoms with Gasteiger partial charge in [-0.05, 0) is 50.1 Å². The number of hydrogen-bond acceptors (Lipinski definition) is 4. The average Bonchev–Trinajstić information content (AvgIpc) is 2.74. The van der Waals surface area contributed by atoms with E-state index in [0.29, 0.717) is 12.6 Å². The van der Waals surface area contributed by atoms with Crippen LogP contribution in [0, 0.1) is 0 Å². The molecule has 1 unspecified atom stereocenters. The van der Waals surface area contributed by atoms with Gasteiger partial charge in [-0.3, -0.25) is 0 Å². The Labute approximate surface area is 113 Å². The van der Waals surface area contributed by atoms with Gasteiger partial charge in [0, 0.05) is 19.1 Å². The molecule has 1 rings (SSSR count). The maximum Gasteiger partial charge on any atom is 0.407 e. The number of thiophene rings is 1. The zero-order valence-corrected chi connectivity index (χ0v) is 12.3. The van der Waals surface area contributed by atoms with Crippen LogP contribution in [0.1, 0.15) is 39.3 Å². The number of carbonyl (C=O) groups excluding carboxylic acids is 1. The molecule has 0 aromatic carbocycles. The normalized spacial score (nSPS) is 13.1. The first-order valence-corrected chi connectivity index (χ1v) is 7.05. The average molecular weight is 270 g/mol. The Balaban J connectivity index is 2.14. The first-order chi connectivity index (χ1) is 8.38. The Morgan fingerprint density at radius 2 is 2.17 bits per heavy atom. The molecule has 0 aliphatic carbocycles. The summed E-state index contributed by atoms with van der Waals surface area (Å²) in [4.78, 5) is 11.4. The Hall–Kier alpha value is -1.07. The molecular formula is C13H22N2O2S. The number of alkyl carbamates (subject to hydrolysis) is 1. The second-order valence-corrected chi connectivity index (χ2v) is 5.94. The van der Waals surface area contributed by atoms with Crippen molar-refractivity contribution in [3.8, 4) is 0 Å². The highest BCUT2D eigenvalue weighted by molar-refractivity contribution is 7.07. The highest BCUT2D eigenvalue weighted by Crippen LogP contribution is 2.14. The third-order valence-corrected chi connectivity index (χ3v) is 2.99. The summed E-state index contributed by atoms with van der Waals surface area (Å²) < 4.78 is 5.14. The third-order valence-electron chi connectivity index (χ3n) is 2.29. The first-order valence-electron chi connectivity index (χ1n) is 6.11. The summed E-state index contributed by atoms with van der Waals surface area (Å²) in [5.74, 6) is 0. The molecule has 0 bridgehead atoms. The molecular weight excluding hydrogens is 248 g/mol. The lowest BCUT2D eigenvalue weighted by Crippen LogP contribution is -2.36. The zero-order valence-electron chi connectivity index (χ0n) is 11.4. The van der Waals surface area contributed by atoms with Crippen molar-refractivity contribution in [3.05, 3.63) is 22.4 Å². The molecule has 102 valence electrons. The van der Waals surface area contributed by atoms with E-state index < -0.39 is 5.60 Å². The number of amides is 1. The molecule has 1 heterocycles. The van der Waals surface area contributed by atoms with Crippen LogP contribution in [0.3, 0.4) is 0 Å². The standard InChI is InChI=1S/C13H22N2O2S/c1-10(11-5-8-18-9-11)14-6-7-15-12(16)17-13(2,3)4/h5,8-10,14H,6-7H2,1-4H3,(H,15,16). The molecule has 1 atom stereocenters. The van der Waals surface area contributed by atoms with Crippen molar-refractivity contribution < 1.29 is 9.53 Å². The molecule has 0 radical (unpaired) electrons. The third kappa shape index (κ3) is 6.02. The van der Waals surface area contributed by atoms with E-state index in [2.05, 4.69) is 34.4 Å². The smallest absolute Gasteiger partial charge is 0.407 e. The van der Waals surface area contributed by atoms with Gasteiger partial charge in [-0.25, -0.2) is 4.79 Å². The minimum atomic E-state index is -0.443. The zero-order chi connectivity index (χ0) is 13.6. The number of nitrogens with one attached hydrogen (secondary N) is 2. The fraction of sp³-hybridized carbons (Fsp3) is 0.615. The Morgan fingerprint density at radius 1 is 1.44 bits per heavy atom. The number of ether oxygens (including phenoxy) is 1. The molecule has 4 nitrogen and oxygen atoms in total. The summed E-state index contributed by atoms with van der Waals surface area (Å²) in [5, 5.41) is 10.2. The van der Waals surface area contributed by atoms with E-state index in [1.165, 1.54) is 5.56 Å². The van der Waals surface area contributed by atoms with Gasteiger partial charge >= 0.3 is 6.09 Å². The van der Waals surface area contributed by atoms with Crippen LogP contribution in [0.4, 0.5) is 4.79 Å². The van der Waals surface area contributed by atoms with E-state index in [0.717, 1.165) is 6.54 Å². The molecule has 0 saturated heterocycles. The van der Waals surface area contributed by atoms with E-state index in [1.807, 2.05) is 20.8 Å². The molecule has 1 aromatic rings. The second-order valence-electron chi connectivity index (χ2n) is 5.16. The first kappa shape index (κ1) is 15.0. The maximum absolute atomic E-state index is 11.4. The van der Waals surface area contributed by atoms with Crippen LogP contribution in [-0.2, 0) is 4.74 Å². The molecule has 1 aromatic heterocycles. The monoisotopic (exact) mass is 270 g/mol. The molecule has 18 heavy (non-hydrogen) atoms. The van der Waals surface area contributed by atoms with Crippen LogP contribution < -0.4 is 10.6 Å². The van der Waals surface area contributed by atoms with Crippen molar-refractivity contribution in [3.63, 3.8) is 0 Å². The van der Waals surface area contributed by atoms with Gasteiger partial charge in [0.15, 0.2) is 0 Å². The summed E-state index contributed by atoms with van der Waals surface area (Å²) in [7, 11) is 0. The quantitative estimate of drug-likeness (QED) is 0.809. The molecule has 2 N–H and O–H groups in total. The molecule has 0 aliphatic heterocycles. The number of hydrogen-bond donors (Lipinski definition) is 2. The molecule has 0 saturated carbocycles. The van der Waals surface area contributed by atoms with E-state index in [9.17, 15) is 4.79 Å². The van der Waals surface area contributed by atoms with Gasteiger partial charge in [-0.2, -0.15) is 11.3 Å². The molecule has 5 heteroatoms. The SMILES string of the molecule is CC(NCCNC(=O)OC(C)(C)C)c1ccsc1. The van der Waals surface area contributed by atoms with Crippen molar-refractivity contribution in [2.24, 2.45) is 0 Å². The highest BCUT2D eigenvalue weighted by atomic mass is 32.1. The van der Waals surface area contributed by atoms with Crippen LogP contribution in [0.15, 0.2) is 16.8 Å². The maximum atomic E-state index is 11.4. The van der Waals surface area contributed by atoms with Gasteiger partial charge in [0.05, 0.1) is 0 Å². The van der Waals surface area contributed by atoms with E-state index >= 15 is 0 Å². The highest BCUT2D eigenvalue weighted by Gasteiger charge is 2.15. The lowest BCUT2D eigenvalue weighted by molar-refractivity contribution is 0.0528. The van der Waals surface area contributed by atoms with Crippen LogP contribution in [0.2, 0.25) is 0 Å². The molecule has 0 fully saturated rings. The van der Waals surface area contributed by atoms with Gasteiger partial charge in [0.2, 0.25) is 0 Å². The fourth-order valence-electron chi connectivity index (χ4n) is 1.41. The van der Waals surface area contributed by atoms with Crippen LogP contribution in [-0.4, -0.2) is 24.8 Å². The summed E-state index contributed by atoms with van der Waals surface area (Å²) in [6, 6.07) is 2.40. The fourth-order valence-corrected chi connectivity index (χ4v) is 2.16.